The number of para-hydroxylation sites is 1. The summed E-state index contributed by atoms with van der Waals surface area (Å²) in [7, 11) is 0. The molecule has 0 aliphatic heterocycles. The van der Waals surface area contributed by atoms with E-state index < -0.39 is 0 Å². The number of anilines is 3. The van der Waals surface area contributed by atoms with E-state index in [1.807, 2.05) is 22.7 Å². The highest BCUT2D eigenvalue weighted by Gasteiger charge is 2.19. The number of rotatable bonds is 6. The van der Waals surface area contributed by atoms with Crippen LogP contribution in [0.4, 0.5) is 17.1 Å². The van der Waals surface area contributed by atoms with Crippen LogP contribution in [0.2, 0.25) is 0 Å². The zero-order valence-corrected chi connectivity index (χ0v) is 32.9. The molecule has 0 saturated heterocycles. The van der Waals surface area contributed by atoms with Crippen LogP contribution in [-0.2, 0) is 0 Å². The molecule has 272 valence electrons. The van der Waals surface area contributed by atoms with Crippen LogP contribution in [-0.4, -0.2) is 0 Å². The van der Waals surface area contributed by atoms with Crippen molar-refractivity contribution in [2.24, 2.45) is 0 Å². The van der Waals surface area contributed by atoms with Crippen molar-refractivity contribution in [1.29, 1.82) is 0 Å². The summed E-state index contributed by atoms with van der Waals surface area (Å²) in [4.78, 5) is 2.41. The van der Waals surface area contributed by atoms with Gasteiger partial charge in [0.15, 0.2) is 0 Å². The smallest absolute Gasteiger partial charge is 0.143 e. The van der Waals surface area contributed by atoms with Crippen molar-refractivity contribution in [1.82, 2.24) is 0 Å². The maximum atomic E-state index is 6.50. The van der Waals surface area contributed by atoms with E-state index >= 15 is 0 Å². The van der Waals surface area contributed by atoms with Crippen LogP contribution in [0.1, 0.15) is 0 Å². The Hall–Kier alpha value is -6.98. The summed E-state index contributed by atoms with van der Waals surface area (Å²) < 4.78 is 11.7. The molecule has 2 nitrogen and oxygen atoms in total. The Balaban J connectivity index is 0.988. The quantitative estimate of drug-likeness (QED) is 0.167. The predicted octanol–water partition coefficient (Wildman–Crippen LogP) is 16.8. The maximum Gasteiger partial charge on any atom is 0.143 e. The summed E-state index contributed by atoms with van der Waals surface area (Å²) in [6.45, 7) is 0. The molecule has 12 rings (SSSR count). The Bertz CT molecular complexity index is 3500. The first-order chi connectivity index (χ1) is 28.7. The average Bonchev–Trinajstić information content (AvgIpc) is 3.98. The molecule has 0 saturated carbocycles. The van der Waals surface area contributed by atoms with E-state index in [9.17, 15) is 0 Å². The monoisotopic (exact) mass is 775 g/mol. The second-order valence-electron chi connectivity index (χ2n) is 14.9. The minimum Gasteiger partial charge on any atom is -0.455 e. The molecule has 0 bridgehead atoms. The summed E-state index contributed by atoms with van der Waals surface area (Å²) in [5.41, 5.74) is 12.3. The number of benzene rings is 9. The van der Waals surface area contributed by atoms with Gasteiger partial charge < -0.3 is 9.32 Å². The minimum absolute atomic E-state index is 0.897. The SMILES string of the molecule is c1ccc(-c2cccc3c2oc2ccc(-c4ccc(N(c5ccc6sc7ccccc7c6c5)c5ccc6sc7c(-c8ccccc8)cccc7c6c5)cc4)cc23)cc1. The molecule has 58 heavy (non-hydrogen) atoms. The lowest BCUT2D eigenvalue weighted by Crippen LogP contribution is -2.09. The Kier molecular flexibility index (Phi) is 7.62. The fraction of sp³-hybridized carbons (Fsp3) is 0. The number of hydrogen-bond donors (Lipinski definition) is 0. The second-order valence-corrected chi connectivity index (χ2v) is 17.0. The van der Waals surface area contributed by atoms with E-state index in [0.29, 0.717) is 0 Å². The van der Waals surface area contributed by atoms with Gasteiger partial charge in [0.05, 0.1) is 0 Å². The van der Waals surface area contributed by atoms with E-state index in [2.05, 4.69) is 205 Å². The Morgan fingerprint density at radius 3 is 1.66 bits per heavy atom. The zero-order valence-electron chi connectivity index (χ0n) is 31.2. The topological polar surface area (TPSA) is 16.4 Å². The molecule has 0 aliphatic carbocycles. The second kappa shape index (κ2) is 13.3. The summed E-state index contributed by atoms with van der Waals surface area (Å²) in [6, 6.07) is 72.6. The summed E-state index contributed by atoms with van der Waals surface area (Å²) in [6.07, 6.45) is 0. The molecular formula is C54H33NOS2. The van der Waals surface area contributed by atoms with Gasteiger partial charge in [-0.15, -0.1) is 22.7 Å². The van der Waals surface area contributed by atoms with Crippen molar-refractivity contribution >= 4 is 102 Å². The van der Waals surface area contributed by atoms with E-state index in [0.717, 1.165) is 61.3 Å². The Morgan fingerprint density at radius 1 is 0.328 bits per heavy atom. The molecular weight excluding hydrogens is 743 g/mol. The van der Waals surface area contributed by atoms with Crippen LogP contribution in [0, 0.1) is 0 Å². The molecule has 12 aromatic rings. The van der Waals surface area contributed by atoms with Crippen LogP contribution in [0.15, 0.2) is 205 Å². The third kappa shape index (κ3) is 5.37. The fourth-order valence-corrected chi connectivity index (χ4v) is 11.0. The summed E-state index contributed by atoms with van der Waals surface area (Å²) in [5, 5.41) is 7.39. The number of fused-ring (bicyclic) bond motifs is 9. The highest BCUT2D eigenvalue weighted by Crippen LogP contribution is 2.45. The number of nitrogens with zero attached hydrogens (tertiary/aromatic N) is 1. The number of thiophene rings is 2. The lowest BCUT2D eigenvalue weighted by Gasteiger charge is -2.26. The van der Waals surface area contributed by atoms with Crippen LogP contribution in [0.5, 0.6) is 0 Å². The van der Waals surface area contributed by atoms with Gasteiger partial charge in [-0.25, -0.2) is 0 Å². The van der Waals surface area contributed by atoms with Gasteiger partial charge in [0.2, 0.25) is 0 Å². The van der Waals surface area contributed by atoms with Crippen molar-refractivity contribution in [3.05, 3.63) is 200 Å². The largest absolute Gasteiger partial charge is 0.455 e. The summed E-state index contributed by atoms with van der Waals surface area (Å²) >= 11 is 3.73. The Labute approximate surface area is 343 Å². The van der Waals surface area contributed by atoms with Crippen LogP contribution >= 0.6 is 22.7 Å². The van der Waals surface area contributed by atoms with Crippen molar-refractivity contribution in [2.45, 2.75) is 0 Å². The van der Waals surface area contributed by atoms with E-state index in [4.69, 9.17) is 4.42 Å². The molecule has 0 atom stereocenters. The third-order valence-corrected chi connectivity index (χ3v) is 13.9. The third-order valence-electron chi connectivity index (χ3n) is 11.5. The molecule has 0 N–H and O–H groups in total. The average molecular weight is 776 g/mol. The lowest BCUT2D eigenvalue weighted by molar-refractivity contribution is 0.670. The zero-order chi connectivity index (χ0) is 38.2. The molecule has 9 aromatic carbocycles. The molecule has 0 aliphatic rings. The van der Waals surface area contributed by atoms with Gasteiger partial charge in [-0.2, -0.15) is 0 Å². The van der Waals surface area contributed by atoms with Gasteiger partial charge in [0.1, 0.15) is 11.2 Å². The van der Waals surface area contributed by atoms with E-state index in [1.54, 1.807) is 0 Å². The van der Waals surface area contributed by atoms with Crippen LogP contribution in [0.3, 0.4) is 0 Å². The molecule has 0 unspecified atom stereocenters. The highest BCUT2D eigenvalue weighted by molar-refractivity contribution is 7.26. The summed E-state index contributed by atoms with van der Waals surface area (Å²) in [5.74, 6) is 0. The maximum absolute atomic E-state index is 6.50. The molecule has 0 spiro atoms. The van der Waals surface area contributed by atoms with Crippen molar-refractivity contribution in [3.8, 4) is 33.4 Å². The van der Waals surface area contributed by atoms with Crippen molar-refractivity contribution in [3.63, 3.8) is 0 Å². The minimum atomic E-state index is 0.897. The van der Waals surface area contributed by atoms with Crippen LogP contribution in [0.25, 0.3) is 95.7 Å². The first kappa shape index (κ1) is 33.2. The molecule has 3 aromatic heterocycles. The number of furan rings is 1. The van der Waals surface area contributed by atoms with Gasteiger partial charge in [-0.3, -0.25) is 0 Å². The van der Waals surface area contributed by atoms with Gasteiger partial charge >= 0.3 is 0 Å². The lowest BCUT2D eigenvalue weighted by atomic mass is 10.00. The van der Waals surface area contributed by atoms with E-state index in [-0.39, 0.29) is 0 Å². The first-order valence-electron chi connectivity index (χ1n) is 19.6. The normalized spacial score (nSPS) is 11.8. The highest BCUT2D eigenvalue weighted by atomic mass is 32.1. The molecule has 0 fully saturated rings. The fourth-order valence-electron chi connectivity index (χ4n) is 8.70. The van der Waals surface area contributed by atoms with E-state index in [1.165, 1.54) is 51.5 Å². The standard InChI is InChI=1S/C54H33NOS2/c1-3-11-35(12-4-1)41-16-9-18-44-46-31-37(23-28-49(46)56-53(41)44)34-21-24-38(25-22-34)55(39-26-29-51-47(32-39)43-15-7-8-20-50(43)57-51)40-27-30-52-48(33-40)45-19-10-17-42(54(45)58-52)36-13-5-2-6-14-36/h1-33H. The van der Waals surface area contributed by atoms with Gasteiger partial charge in [-0.1, -0.05) is 133 Å². The number of hydrogen-bond acceptors (Lipinski definition) is 4. The van der Waals surface area contributed by atoms with Gasteiger partial charge in [0.25, 0.3) is 0 Å². The predicted molar refractivity (Wildman–Crippen MR) is 250 cm³/mol. The molecule has 4 heteroatoms. The van der Waals surface area contributed by atoms with Crippen LogP contribution < -0.4 is 4.90 Å². The van der Waals surface area contributed by atoms with Crippen molar-refractivity contribution in [2.75, 3.05) is 4.90 Å². The molecule has 3 heterocycles. The Morgan fingerprint density at radius 2 is 0.897 bits per heavy atom. The first-order valence-corrected chi connectivity index (χ1v) is 21.2. The molecule has 0 radical (unpaired) electrons. The van der Waals surface area contributed by atoms with Gasteiger partial charge in [-0.05, 0) is 94.5 Å². The molecule has 0 amide bonds. The van der Waals surface area contributed by atoms with Crippen molar-refractivity contribution < 1.29 is 4.42 Å². The van der Waals surface area contributed by atoms with Gasteiger partial charge in [0, 0.05) is 73.7 Å².